The summed E-state index contributed by atoms with van der Waals surface area (Å²) < 4.78 is 4.67. The zero-order valence-electron chi connectivity index (χ0n) is 7.51. The van der Waals surface area contributed by atoms with Crippen molar-refractivity contribution in [2.75, 3.05) is 20.2 Å². The molecule has 1 aliphatic carbocycles. The summed E-state index contributed by atoms with van der Waals surface area (Å²) >= 11 is 0. The Morgan fingerprint density at radius 1 is 1.25 bits per heavy atom. The highest BCUT2D eigenvalue weighted by atomic mass is 16.5. The largest absolute Gasteiger partial charge is 0.453 e. The van der Waals surface area contributed by atoms with E-state index in [1.165, 1.54) is 32.8 Å². The van der Waals surface area contributed by atoms with E-state index in [0.717, 1.165) is 13.1 Å². The van der Waals surface area contributed by atoms with Gasteiger partial charge in [0, 0.05) is 13.1 Å². The van der Waals surface area contributed by atoms with E-state index in [9.17, 15) is 4.79 Å². The van der Waals surface area contributed by atoms with Crippen molar-refractivity contribution in [1.29, 1.82) is 0 Å². The van der Waals surface area contributed by atoms with Gasteiger partial charge in [-0.3, -0.25) is 0 Å². The minimum Gasteiger partial charge on any atom is -0.453 e. The average molecular weight is 169 g/mol. The van der Waals surface area contributed by atoms with Gasteiger partial charge in [0.05, 0.1) is 7.11 Å². The van der Waals surface area contributed by atoms with Crippen molar-refractivity contribution < 1.29 is 9.53 Å². The first-order chi connectivity index (χ1) is 5.76. The first-order valence-electron chi connectivity index (χ1n) is 4.59. The van der Waals surface area contributed by atoms with Gasteiger partial charge in [-0.05, 0) is 31.1 Å². The molecule has 3 heteroatoms. The molecule has 2 rings (SSSR count). The lowest BCUT2D eigenvalue weighted by atomic mass is 9.94. The van der Waals surface area contributed by atoms with Gasteiger partial charge >= 0.3 is 6.09 Å². The molecule has 2 fully saturated rings. The van der Waals surface area contributed by atoms with Gasteiger partial charge in [-0.15, -0.1) is 0 Å². The zero-order chi connectivity index (χ0) is 8.60. The molecule has 1 spiro atoms. The minimum atomic E-state index is -0.162. The zero-order valence-corrected chi connectivity index (χ0v) is 7.51. The molecular formula is C9H15NO2. The van der Waals surface area contributed by atoms with Gasteiger partial charge in [-0.1, -0.05) is 0 Å². The molecule has 1 saturated carbocycles. The van der Waals surface area contributed by atoms with Gasteiger partial charge in [0.2, 0.25) is 0 Å². The first kappa shape index (κ1) is 7.90. The molecule has 0 aromatic carbocycles. The van der Waals surface area contributed by atoms with Crippen molar-refractivity contribution in [3.63, 3.8) is 0 Å². The lowest BCUT2D eigenvalue weighted by Gasteiger charge is -2.30. The number of hydrogen-bond acceptors (Lipinski definition) is 2. The molecule has 0 unspecified atom stereocenters. The lowest BCUT2D eigenvalue weighted by Crippen LogP contribution is -2.38. The SMILES string of the molecule is COC(=O)N1CCC2(CC1)CC2. The molecule has 0 aromatic heterocycles. The summed E-state index contributed by atoms with van der Waals surface area (Å²) in [5, 5.41) is 0. The summed E-state index contributed by atoms with van der Waals surface area (Å²) in [6.07, 6.45) is 4.96. The molecular weight excluding hydrogens is 154 g/mol. The molecule has 1 amide bonds. The second kappa shape index (κ2) is 2.64. The monoisotopic (exact) mass is 169 g/mol. The molecule has 0 aromatic rings. The Morgan fingerprint density at radius 3 is 2.25 bits per heavy atom. The Morgan fingerprint density at radius 2 is 1.83 bits per heavy atom. The van der Waals surface area contributed by atoms with Crippen molar-refractivity contribution >= 4 is 6.09 Å². The lowest BCUT2D eigenvalue weighted by molar-refractivity contribution is 0.103. The van der Waals surface area contributed by atoms with Gasteiger partial charge in [0.25, 0.3) is 0 Å². The van der Waals surface area contributed by atoms with Gasteiger partial charge in [0.15, 0.2) is 0 Å². The maximum Gasteiger partial charge on any atom is 0.409 e. The van der Waals surface area contributed by atoms with Gasteiger partial charge < -0.3 is 9.64 Å². The molecule has 0 atom stereocenters. The van der Waals surface area contributed by atoms with Crippen molar-refractivity contribution in [2.45, 2.75) is 25.7 Å². The van der Waals surface area contributed by atoms with Crippen LogP contribution in [0, 0.1) is 5.41 Å². The van der Waals surface area contributed by atoms with E-state index in [2.05, 4.69) is 4.74 Å². The number of rotatable bonds is 0. The van der Waals surface area contributed by atoms with Crippen LogP contribution in [0.5, 0.6) is 0 Å². The van der Waals surface area contributed by atoms with Crippen molar-refractivity contribution in [3.8, 4) is 0 Å². The van der Waals surface area contributed by atoms with Crippen LogP contribution in [0.2, 0.25) is 0 Å². The summed E-state index contributed by atoms with van der Waals surface area (Å²) in [5.41, 5.74) is 0.643. The number of carbonyl (C=O) groups excluding carboxylic acids is 1. The Bertz CT molecular complexity index is 189. The molecule has 1 heterocycles. The molecule has 2 aliphatic rings. The smallest absolute Gasteiger partial charge is 0.409 e. The summed E-state index contributed by atoms with van der Waals surface area (Å²) in [6, 6.07) is 0. The number of hydrogen-bond donors (Lipinski definition) is 0. The summed E-state index contributed by atoms with van der Waals surface area (Å²) in [6.45, 7) is 1.79. The van der Waals surface area contributed by atoms with E-state index < -0.39 is 0 Å². The number of methoxy groups -OCH3 is 1. The van der Waals surface area contributed by atoms with Crippen LogP contribution in [0.25, 0.3) is 0 Å². The van der Waals surface area contributed by atoms with Crippen molar-refractivity contribution in [1.82, 2.24) is 4.90 Å². The van der Waals surface area contributed by atoms with Crippen LogP contribution < -0.4 is 0 Å². The molecule has 0 bridgehead atoms. The van der Waals surface area contributed by atoms with E-state index in [4.69, 9.17) is 0 Å². The van der Waals surface area contributed by atoms with Crippen LogP contribution in [0.1, 0.15) is 25.7 Å². The first-order valence-corrected chi connectivity index (χ1v) is 4.59. The highest BCUT2D eigenvalue weighted by Gasteiger charge is 2.45. The van der Waals surface area contributed by atoms with E-state index in [1.807, 2.05) is 4.90 Å². The standard InChI is InChI=1S/C9H15NO2/c1-12-8(11)10-6-4-9(2-3-9)5-7-10/h2-7H2,1H3. The van der Waals surface area contributed by atoms with Crippen LogP contribution in [0.15, 0.2) is 0 Å². The highest BCUT2D eigenvalue weighted by Crippen LogP contribution is 2.53. The minimum absolute atomic E-state index is 0.162. The molecule has 68 valence electrons. The predicted octanol–water partition coefficient (Wildman–Crippen LogP) is 1.63. The Balaban J connectivity index is 1.85. The van der Waals surface area contributed by atoms with Gasteiger partial charge in [0.1, 0.15) is 0 Å². The fourth-order valence-corrected chi connectivity index (χ4v) is 1.97. The molecule has 1 aliphatic heterocycles. The second-order valence-electron chi connectivity index (χ2n) is 3.96. The Kier molecular flexibility index (Phi) is 1.74. The summed E-state index contributed by atoms with van der Waals surface area (Å²) in [5.74, 6) is 0. The fourth-order valence-electron chi connectivity index (χ4n) is 1.97. The number of carbonyl (C=O) groups is 1. The fraction of sp³-hybridized carbons (Fsp3) is 0.889. The van der Waals surface area contributed by atoms with Crippen LogP contribution in [-0.4, -0.2) is 31.2 Å². The number of ether oxygens (including phenoxy) is 1. The molecule has 0 radical (unpaired) electrons. The maximum atomic E-state index is 11.1. The molecule has 3 nitrogen and oxygen atoms in total. The van der Waals surface area contributed by atoms with Crippen LogP contribution >= 0.6 is 0 Å². The normalized spacial score (nSPS) is 25.6. The van der Waals surface area contributed by atoms with Gasteiger partial charge in [-0.25, -0.2) is 4.79 Å². The third-order valence-corrected chi connectivity index (χ3v) is 3.21. The second-order valence-corrected chi connectivity index (χ2v) is 3.96. The van der Waals surface area contributed by atoms with E-state index in [0.29, 0.717) is 5.41 Å². The average Bonchev–Trinajstić information content (AvgIpc) is 2.85. The number of piperidine rings is 1. The third kappa shape index (κ3) is 1.28. The van der Waals surface area contributed by atoms with Crippen molar-refractivity contribution in [2.24, 2.45) is 5.41 Å². The summed E-state index contributed by atoms with van der Waals surface area (Å²) in [4.78, 5) is 12.9. The Labute approximate surface area is 72.7 Å². The number of amides is 1. The van der Waals surface area contributed by atoms with Crippen LogP contribution in [-0.2, 0) is 4.74 Å². The van der Waals surface area contributed by atoms with Crippen LogP contribution in [0.4, 0.5) is 4.79 Å². The van der Waals surface area contributed by atoms with E-state index in [-0.39, 0.29) is 6.09 Å². The van der Waals surface area contributed by atoms with E-state index in [1.54, 1.807) is 0 Å². The topological polar surface area (TPSA) is 29.5 Å². The number of likely N-dealkylation sites (tertiary alicyclic amines) is 1. The van der Waals surface area contributed by atoms with Gasteiger partial charge in [-0.2, -0.15) is 0 Å². The Hall–Kier alpha value is -0.730. The van der Waals surface area contributed by atoms with Crippen LogP contribution in [0.3, 0.4) is 0 Å². The quantitative estimate of drug-likeness (QED) is 0.551. The maximum absolute atomic E-state index is 11.1. The van der Waals surface area contributed by atoms with E-state index >= 15 is 0 Å². The molecule has 12 heavy (non-hydrogen) atoms. The highest BCUT2D eigenvalue weighted by molar-refractivity contribution is 5.67. The van der Waals surface area contributed by atoms with Crippen molar-refractivity contribution in [3.05, 3.63) is 0 Å². The predicted molar refractivity (Wildman–Crippen MR) is 44.9 cm³/mol. The summed E-state index contributed by atoms with van der Waals surface area (Å²) in [7, 11) is 1.45. The number of nitrogens with zero attached hydrogens (tertiary/aromatic N) is 1. The molecule has 1 saturated heterocycles. The third-order valence-electron chi connectivity index (χ3n) is 3.21. The molecule has 0 N–H and O–H groups in total.